The van der Waals surface area contributed by atoms with Crippen molar-refractivity contribution in [2.45, 2.75) is 13.0 Å². The van der Waals surface area contributed by atoms with E-state index in [-0.39, 0.29) is 23.0 Å². The zero-order valence-electron chi connectivity index (χ0n) is 10.4. The van der Waals surface area contributed by atoms with E-state index in [0.29, 0.717) is 5.56 Å². The Kier molecular flexibility index (Phi) is 5.73. The Bertz CT molecular complexity index is 494. The maximum atomic E-state index is 12.7. The number of ether oxygens (including phenoxy) is 1. The van der Waals surface area contributed by atoms with Crippen molar-refractivity contribution in [3.63, 3.8) is 0 Å². The molecule has 1 unspecified atom stereocenters. The highest BCUT2D eigenvalue weighted by atomic mass is 35.5. The zero-order chi connectivity index (χ0) is 14.4. The number of carbonyl (C=O) groups excluding carboxylic acids is 1. The number of hydrogen-bond acceptors (Lipinski definition) is 3. The van der Waals surface area contributed by atoms with Crippen LogP contribution >= 0.6 is 11.6 Å². The molecule has 1 atom stereocenters. The molecular weight excluding hydrogens is 271 g/mol. The fraction of sp³-hybridized carbons (Fsp3) is 0.214. The van der Waals surface area contributed by atoms with Crippen LogP contribution in [0.1, 0.15) is 12.5 Å². The number of benzene rings is 1. The van der Waals surface area contributed by atoms with E-state index in [2.05, 4.69) is 6.58 Å². The summed E-state index contributed by atoms with van der Waals surface area (Å²) in [5.41, 5.74) is 0.417. The minimum atomic E-state index is -1.25. The van der Waals surface area contributed by atoms with E-state index in [1.807, 2.05) is 0 Å². The molecule has 0 aliphatic rings. The maximum Gasteiger partial charge on any atom is 0.336 e. The summed E-state index contributed by atoms with van der Waals surface area (Å²) in [4.78, 5) is 11.3. The van der Waals surface area contributed by atoms with E-state index >= 15 is 0 Å². The van der Waals surface area contributed by atoms with Gasteiger partial charge in [0.05, 0.1) is 12.2 Å². The lowest BCUT2D eigenvalue weighted by atomic mass is 10.1. The summed E-state index contributed by atoms with van der Waals surface area (Å²) in [6.07, 6.45) is -0.00905. The van der Waals surface area contributed by atoms with Crippen LogP contribution in [-0.2, 0) is 9.53 Å². The Labute approximate surface area is 116 Å². The summed E-state index contributed by atoms with van der Waals surface area (Å²) in [5.74, 6) is -1.07. The highest BCUT2D eigenvalue weighted by molar-refractivity contribution is 6.48. The number of hydrogen-bond donors (Lipinski definition) is 1. The number of esters is 1. The van der Waals surface area contributed by atoms with E-state index < -0.39 is 12.1 Å². The molecular formula is C14H14ClFO3. The lowest BCUT2D eigenvalue weighted by molar-refractivity contribution is -0.139. The van der Waals surface area contributed by atoms with Crippen LogP contribution in [-0.4, -0.2) is 23.8 Å². The zero-order valence-corrected chi connectivity index (χ0v) is 11.2. The van der Waals surface area contributed by atoms with Crippen LogP contribution in [0, 0.1) is 5.82 Å². The standard InChI is InChI=1S/C14H14ClFO3/c1-3-19-14(18)9(2)13(17)8-12(15)10-4-6-11(16)7-5-10/h4-8,13,17H,2-3H2,1H3/b12-8-. The Morgan fingerprint density at radius 3 is 2.63 bits per heavy atom. The van der Waals surface area contributed by atoms with Gasteiger partial charge in [0, 0.05) is 5.03 Å². The molecule has 0 saturated heterocycles. The van der Waals surface area contributed by atoms with Gasteiger partial charge in [-0.25, -0.2) is 9.18 Å². The first kappa shape index (κ1) is 15.4. The van der Waals surface area contributed by atoms with Crippen molar-refractivity contribution in [3.05, 3.63) is 53.9 Å². The molecule has 0 amide bonds. The van der Waals surface area contributed by atoms with Crippen LogP contribution in [0.5, 0.6) is 0 Å². The fourth-order valence-electron chi connectivity index (χ4n) is 1.29. The van der Waals surface area contributed by atoms with Crippen LogP contribution in [0.4, 0.5) is 4.39 Å². The number of aliphatic hydroxyl groups excluding tert-OH is 1. The molecule has 0 radical (unpaired) electrons. The van der Waals surface area contributed by atoms with Gasteiger partial charge in [-0.2, -0.15) is 0 Å². The fourth-order valence-corrected chi connectivity index (χ4v) is 1.53. The molecule has 1 rings (SSSR count). The summed E-state index contributed by atoms with van der Waals surface area (Å²) in [6, 6.07) is 5.43. The molecule has 19 heavy (non-hydrogen) atoms. The molecule has 5 heteroatoms. The quantitative estimate of drug-likeness (QED) is 0.668. The van der Waals surface area contributed by atoms with Crippen molar-refractivity contribution in [2.24, 2.45) is 0 Å². The maximum absolute atomic E-state index is 12.7. The molecule has 0 saturated carbocycles. The number of aliphatic hydroxyl groups is 1. The van der Waals surface area contributed by atoms with Crippen molar-refractivity contribution in [3.8, 4) is 0 Å². The first-order valence-electron chi connectivity index (χ1n) is 5.63. The van der Waals surface area contributed by atoms with E-state index in [9.17, 15) is 14.3 Å². The minimum absolute atomic E-state index is 0.109. The van der Waals surface area contributed by atoms with E-state index in [1.54, 1.807) is 6.92 Å². The number of rotatable bonds is 5. The summed E-state index contributed by atoms with van der Waals surface area (Å²) >= 11 is 5.96. The SMILES string of the molecule is C=C(C(=O)OCC)C(O)/C=C(\Cl)c1ccc(F)cc1. The Balaban J connectivity index is 2.80. The first-order valence-corrected chi connectivity index (χ1v) is 6.00. The van der Waals surface area contributed by atoms with E-state index in [1.165, 1.54) is 30.3 Å². The summed E-state index contributed by atoms with van der Waals surface area (Å²) in [5, 5.41) is 9.96. The van der Waals surface area contributed by atoms with Gasteiger partial charge in [-0.05, 0) is 30.7 Å². The van der Waals surface area contributed by atoms with Gasteiger partial charge in [0.25, 0.3) is 0 Å². The second-order valence-corrected chi connectivity index (χ2v) is 4.12. The predicted octanol–water partition coefficient (Wildman–Crippen LogP) is 2.89. The number of halogens is 2. The molecule has 0 aromatic heterocycles. The smallest absolute Gasteiger partial charge is 0.336 e. The molecule has 0 fully saturated rings. The lowest BCUT2D eigenvalue weighted by Gasteiger charge is -2.09. The van der Waals surface area contributed by atoms with E-state index in [0.717, 1.165) is 0 Å². The molecule has 0 heterocycles. The normalized spacial score (nSPS) is 12.9. The Morgan fingerprint density at radius 2 is 2.11 bits per heavy atom. The first-order chi connectivity index (χ1) is 8.95. The summed E-state index contributed by atoms with van der Waals surface area (Å²) < 4.78 is 17.5. The molecule has 0 bridgehead atoms. The third kappa shape index (κ3) is 4.50. The van der Waals surface area contributed by atoms with Gasteiger partial charge >= 0.3 is 5.97 Å². The Hall–Kier alpha value is -1.65. The molecule has 0 aliphatic heterocycles. The third-order valence-electron chi connectivity index (χ3n) is 2.32. The summed E-state index contributed by atoms with van der Waals surface area (Å²) in [6.45, 7) is 5.29. The highest BCUT2D eigenvalue weighted by Gasteiger charge is 2.16. The molecule has 3 nitrogen and oxygen atoms in total. The van der Waals surface area contributed by atoms with Gasteiger partial charge < -0.3 is 9.84 Å². The van der Waals surface area contributed by atoms with Gasteiger partial charge in [0.1, 0.15) is 11.9 Å². The highest BCUT2D eigenvalue weighted by Crippen LogP contribution is 2.21. The van der Waals surface area contributed by atoms with Crippen LogP contribution < -0.4 is 0 Å². The second kappa shape index (κ2) is 7.07. The molecule has 1 N–H and O–H groups in total. The van der Waals surface area contributed by atoms with Crippen LogP contribution in [0.15, 0.2) is 42.5 Å². The second-order valence-electron chi connectivity index (χ2n) is 3.71. The third-order valence-corrected chi connectivity index (χ3v) is 2.66. The van der Waals surface area contributed by atoms with Crippen molar-refractivity contribution < 1.29 is 19.0 Å². The van der Waals surface area contributed by atoms with Crippen molar-refractivity contribution in [1.29, 1.82) is 0 Å². The number of carbonyl (C=O) groups is 1. The molecule has 1 aromatic carbocycles. The van der Waals surface area contributed by atoms with Crippen LogP contribution in [0.25, 0.3) is 5.03 Å². The molecule has 0 spiro atoms. The van der Waals surface area contributed by atoms with Crippen LogP contribution in [0.2, 0.25) is 0 Å². The van der Waals surface area contributed by atoms with Crippen LogP contribution in [0.3, 0.4) is 0 Å². The van der Waals surface area contributed by atoms with Gasteiger partial charge in [0.15, 0.2) is 0 Å². The van der Waals surface area contributed by atoms with Gasteiger partial charge in [-0.1, -0.05) is 30.3 Å². The van der Waals surface area contributed by atoms with Crippen molar-refractivity contribution in [1.82, 2.24) is 0 Å². The minimum Gasteiger partial charge on any atom is -0.463 e. The monoisotopic (exact) mass is 284 g/mol. The molecule has 0 aliphatic carbocycles. The van der Waals surface area contributed by atoms with E-state index in [4.69, 9.17) is 16.3 Å². The lowest BCUT2D eigenvalue weighted by Crippen LogP contribution is -2.17. The molecule has 102 valence electrons. The predicted molar refractivity (Wildman–Crippen MR) is 72.0 cm³/mol. The Morgan fingerprint density at radius 1 is 1.53 bits per heavy atom. The average molecular weight is 285 g/mol. The van der Waals surface area contributed by atoms with Crippen molar-refractivity contribution in [2.75, 3.05) is 6.61 Å². The van der Waals surface area contributed by atoms with Gasteiger partial charge in [-0.15, -0.1) is 0 Å². The summed E-state index contributed by atoms with van der Waals surface area (Å²) in [7, 11) is 0. The van der Waals surface area contributed by atoms with Gasteiger partial charge in [-0.3, -0.25) is 0 Å². The average Bonchev–Trinajstić information content (AvgIpc) is 2.38. The van der Waals surface area contributed by atoms with Gasteiger partial charge in [0.2, 0.25) is 0 Å². The molecule has 1 aromatic rings. The largest absolute Gasteiger partial charge is 0.463 e. The van der Waals surface area contributed by atoms with Crippen molar-refractivity contribution >= 4 is 22.6 Å². The topological polar surface area (TPSA) is 46.5 Å².